The van der Waals surface area contributed by atoms with Crippen LogP contribution < -0.4 is 5.32 Å². The molecule has 1 N–H and O–H groups in total. The van der Waals surface area contributed by atoms with Gasteiger partial charge in [-0.3, -0.25) is 0 Å². The molecule has 0 heterocycles. The van der Waals surface area contributed by atoms with E-state index < -0.39 is 0 Å². The van der Waals surface area contributed by atoms with E-state index in [9.17, 15) is 0 Å². The summed E-state index contributed by atoms with van der Waals surface area (Å²) in [5.41, 5.74) is 0. The molecule has 12 heavy (non-hydrogen) atoms. The van der Waals surface area contributed by atoms with Gasteiger partial charge < -0.3 is 5.32 Å². The molecule has 0 aliphatic heterocycles. The Hall–Kier alpha value is -0.0400. The average Bonchev–Trinajstić information content (AvgIpc) is 2.16. The predicted molar refractivity (Wildman–Crippen MR) is 54.2 cm³/mol. The largest absolute Gasteiger partial charge is 0.319 e. The van der Waals surface area contributed by atoms with E-state index in [1.165, 1.54) is 32.2 Å². The molecular formula is C11H23N. The molecule has 1 fully saturated rings. The van der Waals surface area contributed by atoms with E-state index in [4.69, 9.17) is 0 Å². The standard InChI is InChI=1S/C11H23N/c1-9-5-4-6-11(8-12-3)7-10(9)2/h9-12H,4-8H2,1-3H3/t9?,10-,11-/m1/s1. The summed E-state index contributed by atoms with van der Waals surface area (Å²) in [6, 6.07) is 0. The van der Waals surface area contributed by atoms with Crippen LogP contribution in [-0.2, 0) is 0 Å². The van der Waals surface area contributed by atoms with Gasteiger partial charge in [-0.1, -0.05) is 26.7 Å². The van der Waals surface area contributed by atoms with Crippen LogP contribution in [0.15, 0.2) is 0 Å². The van der Waals surface area contributed by atoms with Crippen LogP contribution in [0, 0.1) is 17.8 Å². The maximum atomic E-state index is 3.30. The fraction of sp³-hybridized carbons (Fsp3) is 1.00. The molecular weight excluding hydrogens is 146 g/mol. The fourth-order valence-corrected chi connectivity index (χ4v) is 2.36. The minimum Gasteiger partial charge on any atom is -0.319 e. The second kappa shape index (κ2) is 4.86. The minimum absolute atomic E-state index is 0.936. The molecule has 1 aliphatic carbocycles. The zero-order valence-electron chi connectivity index (χ0n) is 8.77. The Morgan fingerprint density at radius 2 is 1.92 bits per heavy atom. The molecule has 1 saturated carbocycles. The molecule has 1 aliphatic rings. The van der Waals surface area contributed by atoms with Gasteiger partial charge in [-0.25, -0.2) is 0 Å². The first-order chi connectivity index (χ1) is 5.74. The van der Waals surface area contributed by atoms with Crippen LogP contribution in [0.1, 0.15) is 39.5 Å². The van der Waals surface area contributed by atoms with E-state index >= 15 is 0 Å². The third-order valence-corrected chi connectivity index (χ3v) is 3.44. The second-order valence-electron chi connectivity index (χ2n) is 4.54. The highest BCUT2D eigenvalue weighted by Gasteiger charge is 2.21. The van der Waals surface area contributed by atoms with Crippen molar-refractivity contribution < 1.29 is 0 Å². The van der Waals surface area contributed by atoms with Crippen molar-refractivity contribution in [2.24, 2.45) is 17.8 Å². The third-order valence-electron chi connectivity index (χ3n) is 3.44. The number of nitrogens with one attached hydrogen (secondary N) is 1. The molecule has 0 aromatic heterocycles. The first-order valence-electron chi connectivity index (χ1n) is 5.38. The zero-order valence-corrected chi connectivity index (χ0v) is 8.77. The van der Waals surface area contributed by atoms with Crippen LogP contribution in [0.2, 0.25) is 0 Å². The summed E-state index contributed by atoms with van der Waals surface area (Å²) < 4.78 is 0. The topological polar surface area (TPSA) is 12.0 Å². The second-order valence-corrected chi connectivity index (χ2v) is 4.54. The summed E-state index contributed by atoms with van der Waals surface area (Å²) in [6.45, 7) is 6.04. The lowest BCUT2D eigenvalue weighted by atomic mass is 9.88. The molecule has 0 amide bonds. The molecule has 1 unspecified atom stereocenters. The van der Waals surface area contributed by atoms with Gasteiger partial charge in [0.25, 0.3) is 0 Å². The highest BCUT2D eigenvalue weighted by Crippen LogP contribution is 2.31. The quantitative estimate of drug-likeness (QED) is 0.627. The molecule has 0 aromatic carbocycles. The molecule has 72 valence electrons. The normalized spacial score (nSPS) is 37.8. The first-order valence-corrected chi connectivity index (χ1v) is 5.38. The van der Waals surface area contributed by atoms with Gasteiger partial charge in [-0.05, 0) is 44.2 Å². The number of rotatable bonds is 2. The summed E-state index contributed by atoms with van der Waals surface area (Å²) in [4.78, 5) is 0. The van der Waals surface area contributed by atoms with E-state index in [0.717, 1.165) is 17.8 Å². The van der Waals surface area contributed by atoms with Crippen LogP contribution in [-0.4, -0.2) is 13.6 Å². The smallest absolute Gasteiger partial charge is 0.00234 e. The van der Waals surface area contributed by atoms with Gasteiger partial charge in [0.2, 0.25) is 0 Å². The molecule has 0 saturated heterocycles. The van der Waals surface area contributed by atoms with Crippen molar-refractivity contribution in [1.29, 1.82) is 0 Å². The Kier molecular flexibility index (Phi) is 4.07. The van der Waals surface area contributed by atoms with Crippen LogP contribution in [0.25, 0.3) is 0 Å². The lowest BCUT2D eigenvalue weighted by molar-refractivity contribution is 0.327. The fourth-order valence-electron chi connectivity index (χ4n) is 2.36. The van der Waals surface area contributed by atoms with Gasteiger partial charge in [-0.2, -0.15) is 0 Å². The zero-order chi connectivity index (χ0) is 8.97. The van der Waals surface area contributed by atoms with Crippen molar-refractivity contribution in [3.63, 3.8) is 0 Å². The summed E-state index contributed by atoms with van der Waals surface area (Å²) >= 11 is 0. The van der Waals surface area contributed by atoms with Crippen molar-refractivity contribution in [2.75, 3.05) is 13.6 Å². The summed E-state index contributed by atoms with van der Waals surface area (Å²) in [5.74, 6) is 2.83. The van der Waals surface area contributed by atoms with Gasteiger partial charge in [0.1, 0.15) is 0 Å². The molecule has 3 atom stereocenters. The lowest BCUT2D eigenvalue weighted by Gasteiger charge is -2.19. The van der Waals surface area contributed by atoms with E-state index in [1.54, 1.807) is 0 Å². The molecule has 0 spiro atoms. The lowest BCUT2D eigenvalue weighted by Crippen LogP contribution is -2.20. The van der Waals surface area contributed by atoms with Gasteiger partial charge in [0, 0.05) is 0 Å². The van der Waals surface area contributed by atoms with Crippen LogP contribution >= 0.6 is 0 Å². The maximum Gasteiger partial charge on any atom is -0.00234 e. The van der Waals surface area contributed by atoms with E-state index in [2.05, 4.69) is 26.2 Å². The molecule has 0 radical (unpaired) electrons. The highest BCUT2D eigenvalue weighted by molar-refractivity contribution is 4.74. The average molecular weight is 169 g/mol. The Morgan fingerprint density at radius 1 is 1.17 bits per heavy atom. The molecule has 1 heteroatoms. The molecule has 0 aromatic rings. The molecule has 0 bridgehead atoms. The van der Waals surface area contributed by atoms with Gasteiger partial charge in [-0.15, -0.1) is 0 Å². The van der Waals surface area contributed by atoms with Crippen molar-refractivity contribution in [3.8, 4) is 0 Å². The maximum absolute atomic E-state index is 3.30. The van der Waals surface area contributed by atoms with Crippen molar-refractivity contribution in [1.82, 2.24) is 5.32 Å². The summed E-state index contributed by atoms with van der Waals surface area (Å²) in [5, 5.41) is 3.30. The van der Waals surface area contributed by atoms with E-state index in [1.807, 2.05) is 0 Å². The predicted octanol–water partition coefficient (Wildman–Crippen LogP) is 2.67. The molecule has 1 rings (SSSR count). The van der Waals surface area contributed by atoms with Crippen molar-refractivity contribution in [2.45, 2.75) is 39.5 Å². The van der Waals surface area contributed by atoms with Crippen LogP contribution in [0.5, 0.6) is 0 Å². The van der Waals surface area contributed by atoms with Gasteiger partial charge in [0.05, 0.1) is 0 Å². The SMILES string of the molecule is CNC[C@@H]1CCCC(C)[C@H](C)C1. The number of hydrogen-bond donors (Lipinski definition) is 1. The van der Waals surface area contributed by atoms with E-state index in [0.29, 0.717) is 0 Å². The monoisotopic (exact) mass is 169 g/mol. The third kappa shape index (κ3) is 2.78. The highest BCUT2D eigenvalue weighted by atomic mass is 14.8. The van der Waals surface area contributed by atoms with Crippen LogP contribution in [0.3, 0.4) is 0 Å². The summed E-state index contributed by atoms with van der Waals surface area (Å²) in [7, 11) is 2.07. The van der Waals surface area contributed by atoms with Crippen LogP contribution in [0.4, 0.5) is 0 Å². The van der Waals surface area contributed by atoms with Gasteiger partial charge in [0.15, 0.2) is 0 Å². The Morgan fingerprint density at radius 3 is 2.58 bits per heavy atom. The Balaban J connectivity index is 2.37. The van der Waals surface area contributed by atoms with Crippen molar-refractivity contribution >= 4 is 0 Å². The van der Waals surface area contributed by atoms with Gasteiger partial charge >= 0.3 is 0 Å². The Labute approximate surface area is 76.9 Å². The summed E-state index contributed by atoms with van der Waals surface area (Å²) in [6.07, 6.45) is 5.76. The van der Waals surface area contributed by atoms with E-state index in [-0.39, 0.29) is 0 Å². The Bertz CT molecular complexity index is 122. The minimum atomic E-state index is 0.936. The van der Waals surface area contributed by atoms with Crippen molar-refractivity contribution in [3.05, 3.63) is 0 Å². The number of hydrogen-bond acceptors (Lipinski definition) is 1. The molecule has 1 nitrogen and oxygen atoms in total. The first kappa shape index (κ1) is 10.0.